The van der Waals surface area contributed by atoms with Gasteiger partial charge in [0.1, 0.15) is 11.3 Å². The largest absolute Gasteiger partial charge is 0.338 e. The van der Waals surface area contributed by atoms with Gasteiger partial charge in [0.15, 0.2) is 5.15 Å². The van der Waals surface area contributed by atoms with Crippen LogP contribution in [0.1, 0.15) is 5.82 Å². The number of hydrogen-bond acceptors (Lipinski definition) is 2. The third kappa shape index (κ3) is 0.992. The summed E-state index contributed by atoms with van der Waals surface area (Å²) in [6.07, 6.45) is 7.64. The highest BCUT2D eigenvalue weighted by Crippen LogP contribution is 2.24. The Morgan fingerprint density at radius 1 is 1.36 bits per heavy atom. The standard InChI is InChI=1S/C10H6ClN3/c11-9-8-7(4-5-12-9)13-10(14-8)6-2-1-3-6/h1-5H,(H,13,14). The number of aromatic amines is 1. The molecule has 0 bridgehead atoms. The second kappa shape index (κ2) is 2.69. The minimum Gasteiger partial charge on any atom is -0.338 e. The second-order valence-electron chi connectivity index (χ2n) is 3.06. The number of nitrogens with one attached hydrogen (secondary N) is 1. The van der Waals surface area contributed by atoms with E-state index in [0.717, 1.165) is 22.4 Å². The molecule has 0 unspecified atom stereocenters. The Balaban J connectivity index is 2.25. The number of allylic oxidation sites excluding steroid dienone is 4. The summed E-state index contributed by atoms with van der Waals surface area (Å²) < 4.78 is 0. The Morgan fingerprint density at radius 2 is 2.21 bits per heavy atom. The molecule has 14 heavy (non-hydrogen) atoms. The van der Waals surface area contributed by atoms with Crippen LogP contribution in [0.5, 0.6) is 0 Å². The molecule has 0 amide bonds. The van der Waals surface area contributed by atoms with Crippen molar-refractivity contribution in [1.29, 1.82) is 0 Å². The summed E-state index contributed by atoms with van der Waals surface area (Å²) >= 11 is 5.91. The highest BCUT2D eigenvalue weighted by atomic mass is 35.5. The summed E-state index contributed by atoms with van der Waals surface area (Å²) in [6.45, 7) is 0. The van der Waals surface area contributed by atoms with Gasteiger partial charge in [-0.3, -0.25) is 0 Å². The number of nitrogens with zero attached hydrogens (tertiary/aromatic N) is 2. The maximum atomic E-state index is 5.91. The van der Waals surface area contributed by atoms with Gasteiger partial charge >= 0.3 is 0 Å². The second-order valence-corrected chi connectivity index (χ2v) is 3.42. The molecule has 0 aliphatic heterocycles. The summed E-state index contributed by atoms with van der Waals surface area (Å²) in [5.74, 6) is 0.845. The molecule has 1 N–H and O–H groups in total. The van der Waals surface area contributed by atoms with Gasteiger partial charge in [0.25, 0.3) is 0 Å². The Morgan fingerprint density at radius 3 is 2.86 bits per heavy atom. The van der Waals surface area contributed by atoms with E-state index in [1.807, 2.05) is 24.3 Å². The zero-order chi connectivity index (χ0) is 9.54. The maximum absolute atomic E-state index is 5.91. The number of H-pyrrole nitrogens is 1. The van der Waals surface area contributed by atoms with E-state index in [2.05, 4.69) is 15.0 Å². The molecule has 0 radical (unpaired) electrons. The molecule has 4 heteroatoms. The smallest absolute Gasteiger partial charge is 0.156 e. The van der Waals surface area contributed by atoms with Crippen LogP contribution in [0.25, 0.3) is 16.6 Å². The van der Waals surface area contributed by atoms with E-state index in [0.29, 0.717) is 5.15 Å². The van der Waals surface area contributed by atoms with Crippen LogP contribution in [0.3, 0.4) is 0 Å². The predicted octanol–water partition coefficient (Wildman–Crippen LogP) is 2.56. The molecule has 0 atom stereocenters. The Hall–Kier alpha value is -1.61. The first-order valence-corrected chi connectivity index (χ1v) is 4.61. The number of pyridine rings is 1. The minimum absolute atomic E-state index is 0.439. The summed E-state index contributed by atoms with van der Waals surface area (Å²) in [5, 5.41) is 0.439. The molecule has 0 spiro atoms. The zero-order valence-electron chi connectivity index (χ0n) is 7.16. The van der Waals surface area contributed by atoms with Gasteiger partial charge in [0.2, 0.25) is 0 Å². The van der Waals surface area contributed by atoms with E-state index < -0.39 is 0 Å². The average Bonchev–Trinajstić information content (AvgIpc) is 2.46. The third-order valence-electron chi connectivity index (χ3n) is 2.18. The molecule has 1 aliphatic rings. The number of fused-ring (bicyclic) bond motifs is 1. The monoisotopic (exact) mass is 203 g/mol. The van der Waals surface area contributed by atoms with Crippen molar-refractivity contribution >= 4 is 28.2 Å². The van der Waals surface area contributed by atoms with Crippen molar-refractivity contribution in [2.45, 2.75) is 0 Å². The number of hydrogen-bond donors (Lipinski definition) is 1. The van der Waals surface area contributed by atoms with Crippen molar-refractivity contribution in [3.63, 3.8) is 0 Å². The third-order valence-corrected chi connectivity index (χ3v) is 2.46. The number of imidazole rings is 1. The van der Waals surface area contributed by atoms with Crippen LogP contribution in [-0.4, -0.2) is 15.0 Å². The molecule has 3 nitrogen and oxygen atoms in total. The molecular weight excluding hydrogens is 198 g/mol. The normalized spacial score (nSPS) is 14.2. The Labute approximate surface area is 85.1 Å². The Bertz CT molecular complexity index is 566. The van der Waals surface area contributed by atoms with Crippen molar-refractivity contribution in [2.24, 2.45) is 0 Å². The Kier molecular flexibility index (Phi) is 1.49. The molecular formula is C10H6ClN3. The lowest BCUT2D eigenvalue weighted by atomic mass is 10.1. The minimum atomic E-state index is 0.439. The number of rotatable bonds is 1. The number of halogens is 1. The summed E-state index contributed by atoms with van der Waals surface area (Å²) in [5.41, 5.74) is 2.74. The van der Waals surface area contributed by atoms with E-state index in [-0.39, 0.29) is 0 Å². The topological polar surface area (TPSA) is 41.6 Å². The first-order chi connectivity index (χ1) is 6.84. The maximum Gasteiger partial charge on any atom is 0.156 e. The lowest BCUT2D eigenvalue weighted by Crippen LogP contribution is -1.87. The van der Waals surface area contributed by atoms with Crippen LogP contribution in [-0.2, 0) is 0 Å². The van der Waals surface area contributed by atoms with E-state index in [1.54, 1.807) is 6.20 Å². The fourth-order valence-electron chi connectivity index (χ4n) is 1.39. The lowest BCUT2D eigenvalue weighted by Gasteiger charge is -2.01. The molecule has 3 rings (SSSR count). The molecule has 68 valence electrons. The summed E-state index contributed by atoms with van der Waals surface area (Å²) in [6, 6.07) is 1.86. The van der Waals surface area contributed by atoms with Crippen LogP contribution >= 0.6 is 11.6 Å². The van der Waals surface area contributed by atoms with Crippen LogP contribution < -0.4 is 0 Å². The summed E-state index contributed by atoms with van der Waals surface area (Å²) in [4.78, 5) is 11.5. The molecule has 0 fully saturated rings. The average molecular weight is 204 g/mol. The van der Waals surface area contributed by atoms with E-state index in [9.17, 15) is 0 Å². The van der Waals surface area contributed by atoms with Crippen molar-refractivity contribution in [3.05, 3.63) is 41.5 Å². The molecule has 0 saturated carbocycles. The molecule has 0 aromatic carbocycles. The zero-order valence-corrected chi connectivity index (χ0v) is 7.92. The lowest BCUT2D eigenvalue weighted by molar-refractivity contribution is 1.26. The number of aromatic nitrogens is 3. The van der Waals surface area contributed by atoms with Gasteiger partial charge in [-0.2, -0.15) is 0 Å². The van der Waals surface area contributed by atoms with Crippen LogP contribution in [0, 0.1) is 0 Å². The van der Waals surface area contributed by atoms with Gasteiger partial charge in [-0.25, -0.2) is 9.97 Å². The van der Waals surface area contributed by atoms with Gasteiger partial charge in [-0.1, -0.05) is 29.8 Å². The molecule has 0 saturated heterocycles. The highest BCUT2D eigenvalue weighted by molar-refractivity contribution is 6.33. The molecule has 2 aromatic rings. The van der Waals surface area contributed by atoms with Crippen LogP contribution in [0.2, 0.25) is 5.15 Å². The van der Waals surface area contributed by atoms with Gasteiger partial charge in [0, 0.05) is 11.8 Å². The fourth-order valence-corrected chi connectivity index (χ4v) is 1.59. The first kappa shape index (κ1) is 7.76. The van der Waals surface area contributed by atoms with E-state index in [1.165, 1.54) is 0 Å². The quantitative estimate of drug-likeness (QED) is 0.724. The van der Waals surface area contributed by atoms with E-state index in [4.69, 9.17) is 11.6 Å². The van der Waals surface area contributed by atoms with Gasteiger partial charge in [-0.05, 0) is 6.07 Å². The van der Waals surface area contributed by atoms with Crippen molar-refractivity contribution < 1.29 is 0 Å². The van der Waals surface area contributed by atoms with Crippen molar-refractivity contribution in [1.82, 2.24) is 15.0 Å². The predicted molar refractivity (Wildman–Crippen MR) is 56.0 cm³/mol. The van der Waals surface area contributed by atoms with Gasteiger partial charge < -0.3 is 4.98 Å². The van der Waals surface area contributed by atoms with Crippen molar-refractivity contribution in [2.75, 3.05) is 0 Å². The molecule has 2 heterocycles. The highest BCUT2D eigenvalue weighted by Gasteiger charge is 2.10. The first-order valence-electron chi connectivity index (χ1n) is 4.23. The van der Waals surface area contributed by atoms with Crippen molar-refractivity contribution in [3.8, 4) is 0 Å². The van der Waals surface area contributed by atoms with Gasteiger partial charge in [0.05, 0.1) is 5.52 Å². The molecule has 2 aromatic heterocycles. The van der Waals surface area contributed by atoms with Crippen LogP contribution in [0.15, 0.2) is 30.5 Å². The summed E-state index contributed by atoms with van der Waals surface area (Å²) in [7, 11) is 0. The SMILES string of the molecule is Clc1nccc2[nH]c(C3=CC=C3)nc12. The van der Waals surface area contributed by atoms with Gasteiger partial charge in [-0.15, -0.1) is 0 Å². The van der Waals surface area contributed by atoms with E-state index >= 15 is 0 Å². The van der Waals surface area contributed by atoms with Crippen LogP contribution in [0.4, 0.5) is 0 Å². The fraction of sp³-hybridized carbons (Fsp3) is 0. The molecule has 1 aliphatic carbocycles.